The minimum absolute atomic E-state index is 0.147. The van der Waals surface area contributed by atoms with Crippen LogP contribution < -0.4 is 15.2 Å². The number of halogens is 1. The Kier molecular flexibility index (Phi) is 5.60. The molecule has 31 heavy (non-hydrogen) atoms. The van der Waals surface area contributed by atoms with Crippen molar-refractivity contribution in [3.63, 3.8) is 0 Å². The summed E-state index contributed by atoms with van der Waals surface area (Å²) in [6, 6.07) is 17.3. The van der Waals surface area contributed by atoms with Crippen molar-refractivity contribution in [2.24, 2.45) is 0 Å². The van der Waals surface area contributed by atoms with Crippen molar-refractivity contribution in [1.29, 1.82) is 0 Å². The molecule has 0 saturated heterocycles. The van der Waals surface area contributed by atoms with Crippen molar-refractivity contribution in [1.82, 2.24) is 9.97 Å². The van der Waals surface area contributed by atoms with Crippen LogP contribution in [-0.4, -0.2) is 28.2 Å². The molecule has 0 amide bonds. The smallest absolute Gasteiger partial charge is 0.335 e. The van der Waals surface area contributed by atoms with Crippen LogP contribution in [0, 0.1) is 0 Å². The fraction of sp³-hybridized carbons (Fsp3) is 0.0870. The van der Waals surface area contributed by atoms with E-state index in [9.17, 15) is 9.90 Å². The van der Waals surface area contributed by atoms with E-state index in [0.29, 0.717) is 27.7 Å². The number of nitrogens with zero attached hydrogens (tertiary/aromatic N) is 2. The molecule has 3 N–H and O–H groups in total. The summed E-state index contributed by atoms with van der Waals surface area (Å²) in [5.41, 5.74) is 8.86. The second-order valence-electron chi connectivity index (χ2n) is 6.75. The average molecular weight is 436 g/mol. The SMILES string of the molecule is COc1ccc(-c2nc(N)nc3ccc(Cl)cc23)cc1OCc1cccc(C(=O)O)c1. The molecule has 3 aromatic carbocycles. The Labute approximate surface area is 183 Å². The number of carboxylic acids is 1. The normalized spacial score (nSPS) is 10.8. The predicted molar refractivity (Wildman–Crippen MR) is 119 cm³/mol. The first kappa shape index (κ1) is 20.4. The van der Waals surface area contributed by atoms with Crippen LogP contribution in [0.4, 0.5) is 5.95 Å². The molecular weight excluding hydrogens is 418 g/mol. The number of anilines is 1. The number of carboxylic acid groups (broad SMARTS) is 1. The molecule has 1 heterocycles. The van der Waals surface area contributed by atoms with Crippen LogP contribution in [0.2, 0.25) is 5.02 Å². The van der Waals surface area contributed by atoms with Gasteiger partial charge >= 0.3 is 5.97 Å². The summed E-state index contributed by atoms with van der Waals surface area (Å²) in [5, 5.41) is 10.5. The molecule has 0 radical (unpaired) electrons. The number of methoxy groups -OCH3 is 1. The maximum atomic E-state index is 11.2. The van der Waals surface area contributed by atoms with E-state index in [1.807, 2.05) is 6.07 Å². The first-order valence-electron chi connectivity index (χ1n) is 9.31. The maximum Gasteiger partial charge on any atom is 0.335 e. The van der Waals surface area contributed by atoms with Crippen LogP contribution in [0.15, 0.2) is 60.7 Å². The largest absolute Gasteiger partial charge is 0.493 e. The lowest BCUT2D eigenvalue weighted by molar-refractivity contribution is 0.0696. The highest BCUT2D eigenvalue weighted by Gasteiger charge is 2.14. The monoisotopic (exact) mass is 435 g/mol. The highest BCUT2D eigenvalue weighted by molar-refractivity contribution is 6.31. The van der Waals surface area contributed by atoms with E-state index in [2.05, 4.69) is 9.97 Å². The minimum atomic E-state index is -0.992. The van der Waals surface area contributed by atoms with E-state index in [1.165, 1.54) is 6.07 Å². The van der Waals surface area contributed by atoms with Crippen LogP contribution in [0.5, 0.6) is 11.5 Å². The maximum absolute atomic E-state index is 11.2. The van der Waals surface area contributed by atoms with Crippen LogP contribution in [0.3, 0.4) is 0 Å². The Morgan fingerprint density at radius 1 is 1.06 bits per heavy atom. The molecule has 0 saturated carbocycles. The van der Waals surface area contributed by atoms with E-state index >= 15 is 0 Å². The summed E-state index contributed by atoms with van der Waals surface area (Å²) >= 11 is 6.18. The van der Waals surface area contributed by atoms with Crippen molar-refractivity contribution in [3.8, 4) is 22.8 Å². The molecule has 0 atom stereocenters. The molecule has 4 rings (SSSR count). The van der Waals surface area contributed by atoms with Gasteiger partial charge in [-0.15, -0.1) is 0 Å². The third-order valence-electron chi connectivity index (χ3n) is 4.68. The Hall–Kier alpha value is -3.84. The highest BCUT2D eigenvalue weighted by atomic mass is 35.5. The van der Waals surface area contributed by atoms with Gasteiger partial charge in [0.2, 0.25) is 5.95 Å². The fourth-order valence-electron chi connectivity index (χ4n) is 3.23. The number of rotatable bonds is 6. The zero-order valence-corrected chi connectivity index (χ0v) is 17.3. The number of nitrogens with two attached hydrogens (primary N) is 1. The summed E-state index contributed by atoms with van der Waals surface area (Å²) in [6.45, 7) is 0.166. The number of benzene rings is 3. The van der Waals surface area contributed by atoms with Crippen molar-refractivity contribution >= 4 is 34.4 Å². The third kappa shape index (κ3) is 4.36. The van der Waals surface area contributed by atoms with Gasteiger partial charge in [0.05, 0.1) is 23.9 Å². The Morgan fingerprint density at radius 3 is 2.68 bits per heavy atom. The van der Waals surface area contributed by atoms with Crippen molar-refractivity contribution in [2.45, 2.75) is 6.61 Å². The number of aromatic nitrogens is 2. The van der Waals surface area contributed by atoms with Gasteiger partial charge in [0.15, 0.2) is 11.5 Å². The molecule has 0 spiro atoms. The molecular formula is C23H18ClN3O4. The first-order valence-corrected chi connectivity index (χ1v) is 9.68. The number of ether oxygens (including phenoxy) is 2. The van der Waals surface area contributed by atoms with Gasteiger partial charge in [0.25, 0.3) is 0 Å². The second kappa shape index (κ2) is 8.49. The summed E-state index contributed by atoms with van der Waals surface area (Å²) in [7, 11) is 1.55. The van der Waals surface area contributed by atoms with E-state index in [1.54, 1.807) is 55.6 Å². The zero-order chi connectivity index (χ0) is 22.0. The van der Waals surface area contributed by atoms with Gasteiger partial charge < -0.3 is 20.3 Å². The molecule has 0 aliphatic carbocycles. The summed E-state index contributed by atoms with van der Waals surface area (Å²) < 4.78 is 11.4. The zero-order valence-electron chi connectivity index (χ0n) is 16.5. The number of fused-ring (bicyclic) bond motifs is 1. The van der Waals surface area contributed by atoms with Crippen LogP contribution >= 0.6 is 11.6 Å². The summed E-state index contributed by atoms with van der Waals surface area (Å²) in [5.74, 6) is 0.164. The van der Waals surface area contributed by atoms with Gasteiger partial charge in [-0.1, -0.05) is 23.7 Å². The van der Waals surface area contributed by atoms with Gasteiger partial charge in [-0.3, -0.25) is 0 Å². The number of aromatic carboxylic acids is 1. The quantitative estimate of drug-likeness (QED) is 0.447. The topological polar surface area (TPSA) is 108 Å². The van der Waals surface area contributed by atoms with Crippen LogP contribution in [-0.2, 0) is 6.61 Å². The summed E-state index contributed by atoms with van der Waals surface area (Å²) in [6.07, 6.45) is 0. The first-order chi connectivity index (χ1) is 14.9. The average Bonchev–Trinajstić information content (AvgIpc) is 2.77. The Bertz CT molecular complexity index is 1290. The number of hydrogen-bond donors (Lipinski definition) is 2. The standard InChI is InChI=1S/C23H18ClN3O4/c1-30-19-8-5-14(21-17-11-16(24)6-7-18(17)26-23(25)27-21)10-20(19)31-12-13-3-2-4-15(9-13)22(28)29/h2-11H,12H2,1H3,(H,28,29)(H2,25,26,27). The molecule has 0 bridgehead atoms. The lowest BCUT2D eigenvalue weighted by Gasteiger charge is -2.14. The molecule has 0 unspecified atom stereocenters. The number of hydrogen-bond acceptors (Lipinski definition) is 6. The second-order valence-corrected chi connectivity index (χ2v) is 7.19. The summed E-state index contributed by atoms with van der Waals surface area (Å²) in [4.78, 5) is 19.9. The third-order valence-corrected chi connectivity index (χ3v) is 4.92. The molecule has 156 valence electrons. The van der Waals surface area contributed by atoms with Gasteiger partial charge in [-0.25, -0.2) is 14.8 Å². The lowest BCUT2D eigenvalue weighted by atomic mass is 10.1. The van der Waals surface area contributed by atoms with Crippen LogP contribution in [0.1, 0.15) is 15.9 Å². The molecule has 0 fully saturated rings. The van der Waals surface area contributed by atoms with E-state index in [4.69, 9.17) is 26.8 Å². The van der Waals surface area contributed by atoms with Crippen molar-refractivity contribution < 1.29 is 19.4 Å². The van der Waals surface area contributed by atoms with Crippen LogP contribution in [0.25, 0.3) is 22.2 Å². The Morgan fingerprint density at radius 2 is 1.90 bits per heavy atom. The van der Waals surface area contributed by atoms with E-state index in [-0.39, 0.29) is 18.1 Å². The number of nitrogen functional groups attached to an aromatic ring is 1. The van der Waals surface area contributed by atoms with E-state index < -0.39 is 5.97 Å². The van der Waals surface area contributed by atoms with Gasteiger partial charge in [0, 0.05) is 16.0 Å². The molecule has 4 aromatic rings. The van der Waals surface area contributed by atoms with E-state index in [0.717, 1.165) is 16.5 Å². The minimum Gasteiger partial charge on any atom is -0.493 e. The van der Waals surface area contributed by atoms with Crippen molar-refractivity contribution in [2.75, 3.05) is 12.8 Å². The molecule has 0 aliphatic rings. The lowest BCUT2D eigenvalue weighted by Crippen LogP contribution is -2.02. The van der Waals surface area contributed by atoms with Gasteiger partial charge in [-0.2, -0.15) is 0 Å². The van der Waals surface area contributed by atoms with Gasteiger partial charge in [-0.05, 0) is 54.1 Å². The fourth-order valence-corrected chi connectivity index (χ4v) is 3.40. The van der Waals surface area contributed by atoms with Gasteiger partial charge in [0.1, 0.15) is 6.61 Å². The molecule has 0 aliphatic heterocycles. The number of carbonyl (C=O) groups is 1. The molecule has 1 aromatic heterocycles. The highest BCUT2D eigenvalue weighted by Crippen LogP contribution is 2.35. The predicted octanol–water partition coefficient (Wildman–Crippen LogP) is 4.82. The molecule has 8 heteroatoms. The van der Waals surface area contributed by atoms with Crippen molar-refractivity contribution in [3.05, 3.63) is 76.8 Å². The Balaban J connectivity index is 1.72. The molecule has 7 nitrogen and oxygen atoms in total.